The number of hydrogen-bond acceptors (Lipinski definition) is 5. The Balaban J connectivity index is 1.88. The molecular formula is C15H20N2O2S. The molecule has 0 amide bonds. The van der Waals surface area contributed by atoms with E-state index in [1.807, 2.05) is 37.4 Å². The monoisotopic (exact) mass is 292 g/mol. The lowest BCUT2D eigenvalue weighted by Gasteiger charge is -2.07. The Hall–Kier alpha value is -1.75. The summed E-state index contributed by atoms with van der Waals surface area (Å²) in [7, 11) is 0. The Morgan fingerprint density at radius 2 is 2.00 bits per heavy atom. The van der Waals surface area contributed by atoms with Crippen molar-refractivity contribution >= 4 is 16.5 Å². The second kappa shape index (κ2) is 7.75. The minimum Gasteiger partial charge on any atom is -0.494 e. The van der Waals surface area contributed by atoms with Crippen LogP contribution in [0.5, 0.6) is 11.5 Å². The van der Waals surface area contributed by atoms with Crippen molar-refractivity contribution in [2.24, 2.45) is 0 Å². The fourth-order valence-electron chi connectivity index (χ4n) is 1.66. The fraction of sp³-hybridized carbons (Fsp3) is 0.400. The van der Waals surface area contributed by atoms with Gasteiger partial charge in [0.15, 0.2) is 5.13 Å². The van der Waals surface area contributed by atoms with Crippen LogP contribution in [0, 0.1) is 0 Å². The van der Waals surface area contributed by atoms with Crippen LogP contribution in [-0.2, 0) is 6.61 Å². The summed E-state index contributed by atoms with van der Waals surface area (Å²) >= 11 is 1.63. The van der Waals surface area contributed by atoms with Crippen molar-refractivity contribution in [3.05, 3.63) is 35.3 Å². The van der Waals surface area contributed by atoms with Crippen molar-refractivity contribution in [2.45, 2.75) is 26.9 Å². The number of benzene rings is 1. The first-order valence-corrected chi connectivity index (χ1v) is 7.67. The molecule has 0 bridgehead atoms. The van der Waals surface area contributed by atoms with Gasteiger partial charge in [-0.3, -0.25) is 0 Å². The predicted molar refractivity (Wildman–Crippen MR) is 82.8 cm³/mol. The van der Waals surface area contributed by atoms with Crippen LogP contribution >= 0.6 is 11.3 Å². The summed E-state index contributed by atoms with van der Waals surface area (Å²) in [5.41, 5.74) is 0. The van der Waals surface area contributed by atoms with E-state index in [9.17, 15) is 0 Å². The third-order valence-corrected chi connectivity index (χ3v) is 3.51. The maximum absolute atomic E-state index is 5.76. The highest BCUT2D eigenvalue weighted by Crippen LogP contribution is 2.23. The van der Waals surface area contributed by atoms with Crippen LogP contribution in [0.2, 0.25) is 0 Å². The molecule has 5 heteroatoms. The van der Waals surface area contributed by atoms with Crippen LogP contribution in [0.25, 0.3) is 0 Å². The lowest BCUT2D eigenvalue weighted by molar-refractivity contribution is 0.302. The summed E-state index contributed by atoms with van der Waals surface area (Å²) in [5, 5.41) is 4.22. The quantitative estimate of drug-likeness (QED) is 0.800. The van der Waals surface area contributed by atoms with E-state index in [0.717, 1.165) is 34.5 Å². The minimum absolute atomic E-state index is 0.529. The Morgan fingerprint density at radius 3 is 2.75 bits per heavy atom. The highest BCUT2D eigenvalue weighted by atomic mass is 32.1. The maximum Gasteiger partial charge on any atom is 0.182 e. The first-order chi connectivity index (χ1) is 9.81. The average Bonchev–Trinajstić information content (AvgIpc) is 2.92. The molecule has 0 saturated heterocycles. The third-order valence-electron chi connectivity index (χ3n) is 2.58. The first kappa shape index (κ1) is 14.7. The van der Waals surface area contributed by atoms with Crippen molar-refractivity contribution in [2.75, 3.05) is 18.5 Å². The van der Waals surface area contributed by atoms with E-state index in [2.05, 4.69) is 17.2 Å². The number of ether oxygens (including phenoxy) is 2. The normalized spacial score (nSPS) is 10.3. The fourth-order valence-corrected chi connectivity index (χ4v) is 2.41. The number of thiazole rings is 1. The van der Waals surface area contributed by atoms with Crippen molar-refractivity contribution in [1.29, 1.82) is 0 Å². The van der Waals surface area contributed by atoms with E-state index in [-0.39, 0.29) is 0 Å². The van der Waals surface area contributed by atoms with Gasteiger partial charge in [-0.25, -0.2) is 4.98 Å². The Labute approximate surface area is 123 Å². The zero-order chi connectivity index (χ0) is 14.2. The van der Waals surface area contributed by atoms with Crippen molar-refractivity contribution in [3.63, 3.8) is 0 Å². The van der Waals surface area contributed by atoms with E-state index in [1.165, 1.54) is 0 Å². The van der Waals surface area contributed by atoms with Gasteiger partial charge in [-0.05, 0) is 25.5 Å². The molecule has 108 valence electrons. The number of rotatable bonds is 8. The van der Waals surface area contributed by atoms with Crippen LogP contribution in [-0.4, -0.2) is 18.1 Å². The average molecular weight is 292 g/mol. The van der Waals surface area contributed by atoms with Crippen molar-refractivity contribution < 1.29 is 9.47 Å². The highest BCUT2D eigenvalue weighted by molar-refractivity contribution is 7.15. The molecule has 20 heavy (non-hydrogen) atoms. The van der Waals surface area contributed by atoms with E-state index in [1.54, 1.807) is 11.3 Å². The van der Waals surface area contributed by atoms with Crippen LogP contribution in [0.3, 0.4) is 0 Å². The zero-order valence-electron chi connectivity index (χ0n) is 11.9. The molecule has 1 heterocycles. The lowest BCUT2D eigenvalue weighted by Crippen LogP contribution is -1.98. The molecule has 0 aliphatic carbocycles. The Kier molecular flexibility index (Phi) is 5.68. The van der Waals surface area contributed by atoms with Gasteiger partial charge in [-0.2, -0.15) is 0 Å². The second-order valence-corrected chi connectivity index (χ2v) is 5.37. The van der Waals surface area contributed by atoms with Gasteiger partial charge in [0.05, 0.1) is 11.5 Å². The molecule has 2 aromatic rings. The van der Waals surface area contributed by atoms with Gasteiger partial charge in [0.25, 0.3) is 0 Å². The Morgan fingerprint density at radius 1 is 1.20 bits per heavy atom. The van der Waals surface area contributed by atoms with Gasteiger partial charge in [0.1, 0.15) is 18.1 Å². The maximum atomic E-state index is 5.76. The highest BCUT2D eigenvalue weighted by Gasteiger charge is 2.03. The smallest absolute Gasteiger partial charge is 0.182 e. The van der Waals surface area contributed by atoms with Crippen molar-refractivity contribution in [1.82, 2.24) is 4.98 Å². The molecule has 0 radical (unpaired) electrons. The molecule has 1 aromatic heterocycles. The molecule has 0 aliphatic rings. The third kappa shape index (κ3) is 4.42. The molecule has 0 fully saturated rings. The molecule has 0 spiro atoms. The first-order valence-electron chi connectivity index (χ1n) is 6.86. The van der Waals surface area contributed by atoms with Gasteiger partial charge in [-0.1, -0.05) is 24.3 Å². The largest absolute Gasteiger partial charge is 0.494 e. The van der Waals surface area contributed by atoms with Crippen molar-refractivity contribution in [3.8, 4) is 11.5 Å². The summed E-state index contributed by atoms with van der Waals surface area (Å²) in [4.78, 5) is 5.42. The van der Waals surface area contributed by atoms with E-state index in [0.29, 0.717) is 13.2 Å². The number of nitrogens with one attached hydrogen (secondary N) is 1. The molecule has 0 atom stereocenters. The minimum atomic E-state index is 0.529. The Bertz CT molecular complexity index is 528. The predicted octanol–water partition coefficient (Wildman–Crippen LogP) is 3.94. The summed E-state index contributed by atoms with van der Waals surface area (Å²) < 4.78 is 11.2. The summed E-state index contributed by atoms with van der Waals surface area (Å²) in [6.45, 7) is 6.24. The van der Waals surface area contributed by atoms with Crippen LogP contribution in [0.4, 0.5) is 5.13 Å². The topological polar surface area (TPSA) is 43.4 Å². The number of anilines is 1. The van der Waals surface area contributed by atoms with E-state index < -0.39 is 0 Å². The number of hydrogen-bond donors (Lipinski definition) is 1. The SMILES string of the molecule is CCCNc1ncc(COc2cccc(OCC)c2)s1. The summed E-state index contributed by atoms with van der Waals surface area (Å²) in [5.74, 6) is 1.65. The van der Waals surface area contributed by atoms with Gasteiger partial charge in [-0.15, -0.1) is 0 Å². The zero-order valence-corrected chi connectivity index (χ0v) is 12.7. The number of aromatic nitrogens is 1. The molecule has 0 saturated carbocycles. The van der Waals surface area contributed by atoms with Gasteiger partial charge < -0.3 is 14.8 Å². The molecule has 1 aromatic carbocycles. The summed E-state index contributed by atoms with van der Waals surface area (Å²) in [6, 6.07) is 7.69. The summed E-state index contributed by atoms with van der Waals surface area (Å²) in [6.07, 6.45) is 2.95. The molecule has 4 nitrogen and oxygen atoms in total. The standard InChI is InChI=1S/C15H20N2O2S/c1-3-8-16-15-17-10-14(20-15)11-19-13-7-5-6-12(9-13)18-4-2/h5-7,9-10H,3-4,8,11H2,1-2H3,(H,16,17). The van der Waals surface area contributed by atoms with Crippen LogP contribution < -0.4 is 14.8 Å². The molecular weight excluding hydrogens is 272 g/mol. The van der Waals surface area contributed by atoms with Gasteiger partial charge in [0, 0.05) is 18.8 Å². The van der Waals surface area contributed by atoms with Gasteiger partial charge >= 0.3 is 0 Å². The van der Waals surface area contributed by atoms with Crippen LogP contribution in [0.15, 0.2) is 30.5 Å². The van der Waals surface area contributed by atoms with Crippen LogP contribution in [0.1, 0.15) is 25.1 Å². The van der Waals surface area contributed by atoms with Gasteiger partial charge in [0.2, 0.25) is 0 Å². The number of nitrogens with zero attached hydrogens (tertiary/aromatic N) is 1. The van der Waals surface area contributed by atoms with E-state index >= 15 is 0 Å². The molecule has 0 aliphatic heterocycles. The molecule has 2 rings (SSSR count). The lowest BCUT2D eigenvalue weighted by atomic mass is 10.3. The second-order valence-electron chi connectivity index (χ2n) is 4.26. The van der Waals surface area contributed by atoms with E-state index in [4.69, 9.17) is 9.47 Å². The molecule has 1 N–H and O–H groups in total. The molecule has 0 unspecified atom stereocenters.